The molecule has 134 valence electrons. The van der Waals surface area contributed by atoms with E-state index in [1.165, 1.54) is 11.8 Å². The number of rotatable bonds is 3. The van der Waals surface area contributed by atoms with Gasteiger partial charge in [0, 0.05) is 18.6 Å². The van der Waals surface area contributed by atoms with E-state index in [4.69, 9.17) is 4.74 Å². The van der Waals surface area contributed by atoms with Crippen LogP contribution in [-0.4, -0.2) is 32.4 Å². The predicted molar refractivity (Wildman–Crippen MR) is 99.7 cm³/mol. The highest BCUT2D eigenvalue weighted by molar-refractivity contribution is 5.96. The SMILES string of the molecule is COC(=O)c1cn(-c2cccnc2)cc2c(=O)n(-c3cccc(C)c3)nc1-2. The molecule has 0 radical (unpaired) electrons. The van der Waals surface area contributed by atoms with Gasteiger partial charge < -0.3 is 9.30 Å². The number of pyridine rings is 2. The molecule has 0 bridgehead atoms. The van der Waals surface area contributed by atoms with Crippen LogP contribution in [-0.2, 0) is 4.74 Å². The first kappa shape index (κ1) is 16.7. The maximum Gasteiger partial charge on any atom is 0.341 e. The molecule has 0 aliphatic carbocycles. The quantitative estimate of drug-likeness (QED) is 0.525. The summed E-state index contributed by atoms with van der Waals surface area (Å²) in [5.41, 5.74) is 2.88. The predicted octanol–water partition coefficient (Wildman–Crippen LogP) is 2.62. The highest BCUT2D eigenvalue weighted by Crippen LogP contribution is 2.24. The van der Waals surface area contributed by atoms with E-state index >= 15 is 0 Å². The smallest absolute Gasteiger partial charge is 0.341 e. The Morgan fingerprint density at radius 1 is 1.11 bits per heavy atom. The van der Waals surface area contributed by atoms with E-state index in [0.717, 1.165) is 5.56 Å². The number of carbonyl (C=O) groups is 1. The summed E-state index contributed by atoms with van der Waals surface area (Å²) in [6.45, 7) is 1.94. The maximum absolute atomic E-state index is 13.0. The van der Waals surface area contributed by atoms with Gasteiger partial charge in [0.2, 0.25) is 0 Å². The molecule has 0 fully saturated rings. The van der Waals surface area contributed by atoms with Crippen molar-refractivity contribution in [3.05, 3.63) is 82.7 Å². The molecule has 4 rings (SSSR count). The molecule has 0 spiro atoms. The van der Waals surface area contributed by atoms with Crippen molar-refractivity contribution >= 4 is 5.97 Å². The molecule has 7 nitrogen and oxygen atoms in total. The summed E-state index contributed by atoms with van der Waals surface area (Å²) in [5.74, 6) is -0.563. The Morgan fingerprint density at radius 2 is 1.93 bits per heavy atom. The molecule has 3 heterocycles. The number of ether oxygens (including phenoxy) is 1. The zero-order valence-electron chi connectivity index (χ0n) is 14.8. The third kappa shape index (κ3) is 2.89. The Morgan fingerprint density at radius 3 is 2.63 bits per heavy atom. The minimum absolute atomic E-state index is 0.211. The molecule has 0 saturated heterocycles. The standard InChI is InChI=1S/C20H16N4O3/c1-13-5-3-6-14(9-13)24-19(25)16-11-23(15-7-4-8-21-10-15)12-17(18(16)22-24)20(26)27-2/h3-12H,1-2H3. The monoisotopic (exact) mass is 360 g/mol. The lowest BCUT2D eigenvalue weighted by atomic mass is 10.1. The van der Waals surface area contributed by atoms with Gasteiger partial charge in [-0.05, 0) is 36.8 Å². The van der Waals surface area contributed by atoms with E-state index in [1.54, 1.807) is 41.5 Å². The van der Waals surface area contributed by atoms with Crippen LogP contribution in [0, 0.1) is 6.92 Å². The molecule has 0 N–H and O–H groups in total. The van der Waals surface area contributed by atoms with Gasteiger partial charge in [0.15, 0.2) is 0 Å². The summed E-state index contributed by atoms with van der Waals surface area (Å²) in [7, 11) is 1.30. The molecule has 0 atom stereocenters. The summed E-state index contributed by atoms with van der Waals surface area (Å²) in [5, 5.41) is 4.40. The van der Waals surface area contributed by atoms with Crippen LogP contribution in [0.2, 0.25) is 0 Å². The summed E-state index contributed by atoms with van der Waals surface area (Å²) in [6.07, 6.45) is 6.54. The minimum Gasteiger partial charge on any atom is -0.465 e. The Kier molecular flexibility index (Phi) is 4.04. The molecule has 7 heteroatoms. The third-order valence-electron chi connectivity index (χ3n) is 4.26. The van der Waals surface area contributed by atoms with Crippen LogP contribution in [0.15, 0.2) is 66.0 Å². The van der Waals surface area contributed by atoms with Crippen molar-refractivity contribution in [2.45, 2.75) is 6.92 Å². The lowest BCUT2D eigenvalue weighted by Crippen LogP contribution is -2.15. The molecular formula is C20H16N4O3. The van der Waals surface area contributed by atoms with Gasteiger partial charge in [-0.2, -0.15) is 9.78 Å². The van der Waals surface area contributed by atoms with Crippen molar-refractivity contribution < 1.29 is 9.53 Å². The summed E-state index contributed by atoms with van der Waals surface area (Å²) >= 11 is 0. The van der Waals surface area contributed by atoms with Crippen LogP contribution in [0.25, 0.3) is 22.6 Å². The van der Waals surface area contributed by atoms with Gasteiger partial charge in [-0.25, -0.2) is 4.79 Å². The molecule has 0 amide bonds. The Labute approximate surface area is 154 Å². The molecule has 1 aromatic heterocycles. The Hall–Kier alpha value is -3.74. The van der Waals surface area contributed by atoms with Gasteiger partial charge in [0.25, 0.3) is 5.56 Å². The van der Waals surface area contributed by atoms with Crippen molar-refractivity contribution in [3.63, 3.8) is 0 Å². The number of aromatic nitrogens is 4. The van der Waals surface area contributed by atoms with Gasteiger partial charge in [-0.1, -0.05) is 12.1 Å². The number of hydrogen-bond acceptors (Lipinski definition) is 5. The highest BCUT2D eigenvalue weighted by Gasteiger charge is 2.25. The van der Waals surface area contributed by atoms with Gasteiger partial charge in [-0.15, -0.1) is 0 Å². The zero-order chi connectivity index (χ0) is 19.0. The van der Waals surface area contributed by atoms with E-state index in [-0.39, 0.29) is 11.1 Å². The maximum atomic E-state index is 13.0. The fraction of sp³-hybridized carbons (Fsp3) is 0.100. The molecule has 1 aromatic carbocycles. The average molecular weight is 360 g/mol. The van der Waals surface area contributed by atoms with Crippen LogP contribution in [0.1, 0.15) is 15.9 Å². The first-order chi connectivity index (χ1) is 13.1. The van der Waals surface area contributed by atoms with Crippen molar-refractivity contribution in [1.29, 1.82) is 0 Å². The van der Waals surface area contributed by atoms with Gasteiger partial charge in [0.05, 0.1) is 30.2 Å². The van der Waals surface area contributed by atoms with Crippen LogP contribution >= 0.6 is 0 Å². The minimum atomic E-state index is -0.563. The molecule has 27 heavy (non-hydrogen) atoms. The van der Waals surface area contributed by atoms with Gasteiger partial charge >= 0.3 is 5.97 Å². The normalized spacial score (nSPS) is 10.9. The van der Waals surface area contributed by atoms with E-state index in [0.29, 0.717) is 22.6 Å². The van der Waals surface area contributed by atoms with Gasteiger partial charge in [-0.3, -0.25) is 9.78 Å². The molecule has 2 aromatic rings. The van der Waals surface area contributed by atoms with Crippen molar-refractivity contribution in [2.24, 2.45) is 0 Å². The summed E-state index contributed by atoms with van der Waals surface area (Å²) in [4.78, 5) is 29.4. The largest absolute Gasteiger partial charge is 0.465 e. The second kappa shape index (κ2) is 6.53. The molecule has 2 aliphatic heterocycles. The van der Waals surface area contributed by atoms with Crippen molar-refractivity contribution in [2.75, 3.05) is 7.11 Å². The second-order valence-corrected chi connectivity index (χ2v) is 6.10. The van der Waals surface area contributed by atoms with Crippen LogP contribution in [0.4, 0.5) is 0 Å². The number of carbonyl (C=O) groups excluding carboxylic acids is 1. The van der Waals surface area contributed by atoms with Crippen molar-refractivity contribution in [3.8, 4) is 22.6 Å². The van der Waals surface area contributed by atoms with E-state index in [9.17, 15) is 9.59 Å². The van der Waals surface area contributed by atoms with E-state index < -0.39 is 5.97 Å². The fourth-order valence-electron chi connectivity index (χ4n) is 2.96. The lowest BCUT2D eigenvalue weighted by molar-refractivity contribution is 0.0600. The number of nitrogens with zero attached hydrogens (tertiary/aromatic N) is 4. The van der Waals surface area contributed by atoms with Crippen molar-refractivity contribution in [1.82, 2.24) is 19.3 Å². The molecule has 0 unspecified atom stereocenters. The van der Waals surface area contributed by atoms with Gasteiger partial charge in [0.1, 0.15) is 11.3 Å². The number of methoxy groups -OCH3 is 1. The summed E-state index contributed by atoms with van der Waals surface area (Å²) in [6, 6.07) is 11.1. The van der Waals surface area contributed by atoms with Crippen LogP contribution in [0.3, 0.4) is 0 Å². The Bertz CT molecular complexity index is 1160. The fourth-order valence-corrected chi connectivity index (χ4v) is 2.96. The lowest BCUT2D eigenvalue weighted by Gasteiger charge is -2.11. The first-order valence-corrected chi connectivity index (χ1v) is 8.29. The van der Waals surface area contributed by atoms with Crippen LogP contribution < -0.4 is 5.56 Å². The van der Waals surface area contributed by atoms with Crippen LogP contribution in [0.5, 0.6) is 0 Å². The molecule has 0 saturated carbocycles. The third-order valence-corrected chi connectivity index (χ3v) is 4.26. The van der Waals surface area contributed by atoms with E-state index in [2.05, 4.69) is 10.1 Å². The molecular weight excluding hydrogens is 344 g/mol. The highest BCUT2D eigenvalue weighted by atomic mass is 16.5. The molecule has 2 aliphatic rings. The average Bonchev–Trinajstić information content (AvgIpc) is 3.04. The number of fused-ring (bicyclic) bond motifs is 1. The number of aryl methyl sites for hydroxylation is 1. The topological polar surface area (TPSA) is 79.0 Å². The number of benzene rings is 1. The summed E-state index contributed by atoms with van der Waals surface area (Å²) < 4.78 is 7.87. The number of esters is 1. The Balaban J connectivity index is 2.01. The first-order valence-electron chi connectivity index (χ1n) is 8.29. The zero-order valence-corrected chi connectivity index (χ0v) is 14.8. The second-order valence-electron chi connectivity index (χ2n) is 6.10. The van der Waals surface area contributed by atoms with E-state index in [1.807, 2.05) is 31.2 Å². The number of hydrogen-bond donors (Lipinski definition) is 0.